The first kappa shape index (κ1) is 14.5. The van der Waals surface area contributed by atoms with E-state index in [1.54, 1.807) is 12.1 Å². The van der Waals surface area contributed by atoms with E-state index in [1.165, 1.54) is 6.20 Å². The number of aryl methyl sites for hydroxylation is 1. The number of nitrogens with zero attached hydrogens (tertiary/aromatic N) is 1. The minimum absolute atomic E-state index is 0.0988. The van der Waals surface area contributed by atoms with Gasteiger partial charge in [0.15, 0.2) is 5.03 Å². The number of aromatic amines is 1. The number of sulfonamides is 1. The first-order chi connectivity index (χ1) is 9.54. The molecule has 6 nitrogen and oxygen atoms in total. The van der Waals surface area contributed by atoms with Crippen LogP contribution in [0.3, 0.4) is 0 Å². The SMILES string of the molecule is CCNCc1cn[nH]c1S(=O)(=O)Nc1ccccc1C. The Balaban J connectivity index is 2.27. The lowest BCUT2D eigenvalue weighted by molar-refractivity contribution is 0.594. The van der Waals surface area contributed by atoms with Crippen molar-refractivity contribution in [3.05, 3.63) is 41.6 Å². The zero-order chi connectivity index (χ0) is 14.6. The number of aromatic nitrogens is 2. The van der Waals surface area contributed by atoms with Gasteiger partial charge in [-0.2, -0.15) is 13.5 Å². The minimum atomic E-state index is -3.66. The molecular formula is C13H18N4O2S. The van der Waals surface area contributed by atoms with Crippen LogP contribution in [0.5, 0.6) is 0 Å². The Morgan fingerprint density at radius 1 is 1.30 bits per heavy atom. The van der Waals surface area contributed by atoms with E-state index in [9.17, 15) is 8.42 Å². The summed E-state index contributed by atoms with van der Waals surface area (Å²) in [5.74, 6) is 0. The number of hydrogen-bond donors (Lipinski definition) is 3. The lowest BCUT2D eigenvalue weighted by atomic mass is 10.2. The van der Waals surface area contributed by atoms with Crippen LogP contribution < -0.4 is 10.0 Å². The van der Waals surface area contributed by atoms with Crippen molar-refractivity contribution in [1.82, 2.24) is 15.5 Å². The normalized spacial score (nSPS) is 11.5. The van der Waals surface area contributed by atoms with Crippen LogP contribution in [0.1, 0.15) is 18.1 Å². The Bertz CT molecular complexity index is 679. The maximum atomic E-state index is 12.4. The van der Waals surface area contributed by atoms with Crippen molar-refractivity contribution in [1.29, 1.82) is 0 Å². The lowest BCUT2D eigenvalue weighted by Crippen LogP contribution is -2.18. The van der Waals surface area contributed by atoms with Gasteiger partial charge < -0.3 is 5.32 Å². The second-order valence-electron chi connectivity index (χ2n) is 4.43. The molecular weight excluding hydrogens is 276 g/mol. The van der Waals surface area contributed by atoms with E-state index >= 15 is 0 Å². The molecule has 0 fully saturated rings. The first-order valence-corrected chi connectivity index (χ1v) is 7.84. The van der Waals surface area contributed by atoms with Gasteiger partial charge in [0.05, 0.1) is 11.9 Å². The highest BCUT2D eigenvalue weighted by molar-refractivity contribution is 7.92. The molecule has 0 radical (unpaired) electrons. The number of para-hydroxylation sites is 1. The lowest BCUT2D eigenvalue weighted by Gasteiger charge is -2.10. The van der Waals surface area contributed by atoms with Gasteiger partial charge in [0.25, 0.3) is 10.0 Å². The van der Waals surface area contributed by atoms with E-state index in [1.807, 2.05) is 26.0 Å². The fourth-order valence-corrected chi connectivity index (χ4v) is 3.06. The Kier molecular flexibility index (Phi) is 4.41. The second kappa shape index (κ2) is 6.06. The van der Waals surface area contributed by atoms with E-state index < -0.39 is 10.0 Å². The maximum absolute atomic E-state index is 12.4. The van der Waals surface area contributed by atoms with E-state index in [0.29, 0.717) is 17.8 Å². The van der Waals surface area contributed by atoms with E-state index in [-0.39, 0.29) is 5.03 Å². The van der Waals surface area contributed by atoms with Crippen molar-refractivity contribution >= 4 is 15.7 Å². The van der Waals surface area contributed by atoms with Crippen LogP contribution in [0, 0.1) is 6.92 Å². The van der Waals surface area contributed by atoms with Gasteiger partial charge in [-0.1, -0.05) is 25.1 Å². The van der Waals surface area contributed by atoms with Crippen molar-refractivity contribution in [3.63, 3.8) is 0 Å². The average Bonchev–Trinajstić information content (AvgIpc) is 2.88. The molecule has 1 aromatic carbocycles. The van der Waals surface area contributed by atoms with Gasteiger partial charge in [-0.25, -0.2) is 0 Å². The van der Waals surface area contributed by atoms with Crippen molar-refractivity contribution in [3.8, 4) is 0 Å². The van der Waals surface area contributed by atoms with Gasteiger partial charge in [-0.3, -0.25) is 9.82 Å². The second-order valence-corrected chi connectivity index (χ2v) is 6.04. The molecule has 0 atom stereocenters. The molecule has 0 aliphatic carbocycles. The average molecular weight is 294 g/mol. The van der Waals surface area contributed by atoms with Gasteiger partial charge in [-0.05, 0) is 25.1 Å². The van der Waals surface area contributed by atoms with Crippen LogP contribution in [-0.4, -0.2) is 25.2 Å². The molecule has 2 rings (SSSR count). The highest BCUT2D eigenvalue weighted by Gasteiger charge is 2.21. The largest absolute Gasteiger partial charge is 0.313 e. The molecule has 1 heterocycles. The van der Waals surface area contributed by atoms with Gasteiger partial charge in [0, 0.05) is 12.1 Å². The Hall–Kier alpha value is -1.86. The monoisotopic (exact) mass is 294 g/mol. The number of nitrogens with one attached hydrogen (secondary N) is 3. The van der Waals surface area contributed by atoms with Gasteiger partial charge in [-0.15, -0.1) is 0 Å². The predicted octanol–water partition coefficient (Wildman–Crippen LogP) is 1.63. The summed E-state index contributed by atoms with van der Waals surface area (Å²) in [4.78, 5) is 0. The molecule has 108 valence electrons. The summed E-state index contributed by atoms with van der Waals surface area (Å²) in [6, 6.07) is 7.23. The standard InChI is InChI=1S/C13H18N4O2S/c1-3-14-8-11-9-15-16-13(11)20(18,19)17-12-7-5-4-6-10(12)2/h4-7,9,14,17H,3,8H2,1-2H3,(H,15,16). The van der Waals surface area contributed by atoms with Crippen molar-refractivity contribution in [2.75, 3.05) is 11.3 Å². The Morgan fingerprint density at radius 3 is 2.75 bits per heavy atom. The smallest absolute Gasteiger partial charge is 0.279 e. The van der Waals surface area contributed by atoms with E-state index in [2.05, 4.69) is 20.2 Å². The van der Waals surface area contributed by atoms with E-state index in [4.69, 9.17) is 0 Å². The van der Waals surface area contributed by atoms with Crippen LogP contribution in [0.25, 0.3) is 0 Å². The number of rotatable bonds is 6. The summed E-state index contributed by atoms with van der Waals surface area (Å²) in [7, 11) is -3.66. The third-order valence-electron chi connectivity index (χ3n) is 2.90. The molecule has 0 bridgehead atoms. The molecule has 0 saturated carbocycles. The predicted molar refractivity (Wildman–Crippen MR) is 78.0 cm³/mol. The van der Waals surface area contributed by atoms with Gasteiger partial charge >= 0.3 is 0 Å². The summed E-state index contributed by atoms with van der Waals surface area (Å²) < 4.78 is 27.4. The molecule has 0 aliphatic heterocycles. The van der Waals surface area contributed by atoms with Crippen LogP contribution in [0.15, 0.2) is 35.5 Å². The van der Waals surface area contributed by atoms with Crippen LogP contribution in [-0.2, 0) is 16.6 Å². The third kappa shape index (κ3) is 3.17. The van der Waals surface area contributed by atoms with Crippen LogP contribution in [0.4, 0.5) is 5.69 Å². The van der Waals surface area contributed by atoms with Crippen LogP contribution >= 0.6 is 0 Å². The summed E-state index contributed by atoms with van der Waals surface area (Å²) in [5.41, 5.74) is 2.05. The topological polar surface area (TPSA) is 86.9 Å². The fraction of sp³-hybridized carbons (Fsp3) is 0.308. The maximum Gasteiger partial charge on any atom is 0.279 e. The number of benzene rings is 1. The van der Waals surface area contributed by atoms with Gasteiger partial charge in [0.2, 0.25) is 0 Å². The van der Waals surface area contributed by atoms with Crippen molar-refractivity contribution < 1.29 is 8.42 Å². The van der Waals surface area contributed by atoms with Gasteiger partial charge in [0.1, 0.15) is 0 Å². The third-order valence-corrected chi connectivity index (χ3v) is 4.28. The van der Waals surface area contributed by atoms with Crippen molar-refractivity contribution in [2.24, 2.45) is 0 Å². The Morgan fingerprint density at radius 2 is 2.05 bits per heavy atom. The Labute approximate surface area is 118 Å². The fourth-order valence-electron chi connectivity index (χ4n) is 1.80. The summed E-state index contributed by atoms with van der Waals surface area (Å²) in [6.07, 6.45) is 1.52. The summed E-state index contributed by atoms with van der Waals surface area (Å²) >= 11 is 0. The molecule has 0 spiro atoms. The molecule has 0 amide bonds. The van der Waals surface area contributed by atoms with E-state index in [0.717, 1.165) is 12.1 Å². The number of hydrogen-bond acceptors (Lipinski definition) is 4. The zero-order valence-corrected chi connectivity index (χ0v) is 12.3. The summed E-state index contributed by atoms with van der Waals surface area (Å²) in [5, 5.41) is 9.56. The first-order valence-electron chi connectivity index (χ1n) is 6.36. The van der Waals surface area contributed by atoms with Crippen LogP contribution in [0.2, 0.25) is 0 Å². The summed E-state index contributed by atoms with van der Waals surface area (Å²) in [6.45, 7) is 5.02. The molecule has 2 aromatic rings. The molecule has 0 unspecified atom stereocenters. The molecule has 3 N–H and O–H groups in total. The molecule has 0 saturated heterocycles. The minimum Gasteiger partial charge on any atom is -0.313 e. The molecule has 7 heteroatoms. The quantitative estimate of drug-likeness (QED) is 0.755. The number of anilines is 1. The van der Waals surface area contributed by atoms with Crippen molar-refractivity contribution in [2.45, 2.75) is 25.4 Å². The highest BCUT2D eigenvalue weighted by atomic mass is 32.2. The zero-order valence-electron chi connectivity index (χ0n) is 11.5. The molecule has 0 aliphatic rings. The molecule has 1 aromatic heterocycles. The highest BCUT2D eigenvalue weighted by Crippen LogP contribution is 2.20. The number of H-pyrrole nitrogens is 1. The molecule has 20 heavy (non-hydrogen) atoms.